The highest BCUT2D eigenvalue weighted by atomic mass is 35.5. The number of hydrogen-bond donors (Lipinski definition) is 1. The van der Waals surface area contributed by atoms with Crippen LogP contribution in [0.2, 0.25) is 5.02 Å². The SMILES string of the molecule is C=CCN1C(=O)NC(=O)/C(=C\c2cccc(OCc3ccccc3Cl)c2)C1=O. The number of carbonyl (C=O) groups excluding carboxylic acids is 3. The van der Waals surface area contributed by atoms with E-state index in [-0.39, 0.29) is 18.7 Å². The second-order valence-electron chi connectivity index (χ2n) is 5.97. The average molecular weight is 397 g/mol. The summed E-state index contributed by atoms with van der Waals surface area (Å²) >= 11 is 6.12. The van der Waals surface area contributed by atoms with Crippen LogP contribution in [-0.2, 0) is 16.2 Å². The van der Waals surface area contributed by atoms with E-state index in [0.29, 0.717) is 16.3 Å². The molecule has 28 heavy (non-hydrogen) atoms. The molecule has 0 bridgehead atoms. The molecular formula is C21H17ClN2O4. The number of amides is 4. The molecule has 1 aliphatic heterocycles. The van der Waals surface area contributed by atoms with Crippen molar-refractivity contribution >= 4 is 35.5 Å². The maximum absolute atomic E-state index is 12.5. The van der Waals surface area contributed by atoms with Gasteiger partial charge in [0.25, 0.3) is 11.8 Å². The molecule has 1 N–H and O–H groups in total. The molecule has 0 spiro atoms. The summed E-state index contributed by atoms with van der Waals surface area (Å²) in [5.74, 6) is -0.856. The van der Waals surface area contributed by atoms with Crippen molar-refractivity contribution in [2.75, 3.05) is 6.54 Å². The summed E-state index contributed by atoms with van der Waals surface area (Å²) in [6, 6.07) is 13.5. The van der Waals surface area contributed by atoms with Crippen LogP contribution in [0.5, 0.6) is 5.75 Å². The molecule has 1 fully saturated rings. The molecule has 7 heteroatoms. The van der Waals surface area contributed by atoms with Gasteiger partial charge in [-0.1, -0.05) is 48.0 Å². The molecule has 4 amide bonds. The Hall–Kier alpha value is -3.38. The highest BCUT2D eigenvalue weighted by Gasteiger charge is 2.34. The Balaban J connectivity index is 1.80. The van der Waals surface area contributed by atoms with E-state index in [9.17, 15) is 14.4 Å². The molecule has 0 saturated carbocycles. The molecule has 0 unspecified atom stereocenters. The Kier molecular flexibility index (Phi) is 5.91. The van der Waals surface area contributed by atoms with Gasteiger partial charge in [-0.2, -0.15) is 0 Å². The molecule has 6 nitrogen and oxygen atoms in total. The summed E-state index contributed by atoms with van der Waals surface area (Å²) in [5, 5.41) is 2.76. The Morgan fingerprint density at radius 3 is 2.64 bits per heavy atom. The van der Waals surface area contributed by atoms with Crippen molar-refractivity contribution < 1.29 is 19.1 Å². The number of barbiturate groups is 1. The van der Waals surface area contributed by atoms with Crippen LogP contribution in [0.3, 0.4) is 0 Å². The Labute approximate surface area is 167 Å². The van der Waals surface area contributed by atoms with E-state index >= 15 is 0 Å². The van der Waals surface area contributed by atoms with Crippen LogP contribution in [0.1, 0.15) is 11.1 Å². The summed E-state index contributed by atoms with van der Waals surface area (Å²) < 4.78 is 5.76. The fourth-order valence-corrected chi connectivity index (χ4v) is 2.82. The summed E-state index contributed by atoms with van der Waals surface area (Å²) in [6.45, 7) is 3.80. The Morgan fingerprint density at radius 2 is 1.89 bits per heavy atom. The predicted molar refractivity (Wildman–Crippen MR) is 106 cm³/mol. The van der Waals surface area contributed by atoms with E-state index in [1.54, 1.807) is 30.3 Å². The summed E-state index contributed by atoms with van der Waals surface area (Å²) in [4.78, 5) is 37.2. The fraction of sp³-hybridized carbons (Fsp3) is 0.0952. The topological polar surface area (TPSA) is 75.7 Å². The number of carbonyl (C=O) groups is 3. The number of benzene rings is 2. The van der Waals surface area contributed by atoms with Crippen LogP contribution >= 0.6 is 11.6 Å². The number of imide groups is 2. The van der Waals surface area contributed by atoms with Crippen LogP contribution in [0.15, 0.2) is 66.8 Å². The number of nitrogens with zero attached hydrogens (tertiary/aromatic N) is 1. The lowest BCUT2D eigenvalue weighted by Gasteiger charge is -2.25. The van der Waals surface area contributed by atoms with Gasteiger partial charge in [-0.05, 0) is 29.8 Å². The third-order valence-electron chi connectivity index (χ3n) is 4.02. The summed E-state index contributed by atoms with van der Waals surface area (Å²) in [7, 11) is 0. The van der Waals surface area contributed by atoms with Gasteiger partial charge in [0.05, 0.1) is 0 Å². The van der Waals surface area contributed by atoms with Crippen molar-refractivity contribution in [3.05, 3.63) is 82.9 Å². The molecule has 142 valence electrons. The number of halogens is 1. The molecular weight excluding hydrogens is 380 g/mol. The smallest absolute Gasteiger partial charge is 0.331 e. The normalized spacial score (nSPS) is 15.5. The monoisotopic (exact) mass is 396 g/mol. The van der Waals surface area contributed by atoms with Gasteiger partial charge in [0.2, 0.25) is 0 Å². The van der Waals surface area contributed by atoms with Crippen molar-refractivity contribution in [3.63, 3.8) is 0 Å². The highest BCUT2D eigenvalue weighted by Crippen LogP contribution is 2.21. The molecule has 0 atom stereocenters. The summed E-state index contributed by atoms with van der Waals surface area (Å²) in [5.41, 5.74) is 1.29. The van der Waals surface area contributed by atoms with Gasteiger partial charge in [0.1, 0.15) is 17.9 Å². The second kappa shape index (κ2) is 8.54. The second-order valence-corrected chi connectivity index (χ2v) is 6.38. The number of nitrogens with one attached hydrogen (secondary N) is 1. The first-order valence-electron chi connectivity index (χ1n) is 8.45. The van der Waals surface area contributed by atoms with E-state index in [4.69, 9.17) is 16.3 Å². The standard InChI is InChI=1S/C21H17ClN2O4/c1-2-10-24-20(26)17(19(25)23-21(24)27)12-14-6-5-8-16(11-14)28-13-15-7-3-4-9-18(15)22/h2-9,11-12H,1,10,13H2,(H,23,25,27)/b17-12+. The van der Waals surface area contributed by atoms with E-state index < -0.39 is 17.8 Å². The Morgan fingerprint density at radius 1 is 1.11 bits per heavy atom. The first kappa shape index (κ1) is 19.4. The zero-order valence-corrected chi connectivity index (χ0v) is 15.6. The minimum absolute atomic E-state index is 0.0102. The van der Waals surface area contributed by atoms with Crippen molar-refractivity contribution in [3.8, 4) is 5.75 Å². The molecule has 1 aliphatic rings. The van der Waals surface area contributed by atoms with Crippen molar-refractivity contribution in [1.82, 2.24) is 10.2 Å². The van der Waals surface area contributed by atoms with Gasteiger partial charge < -0.3 is 4.74 Å². The third kappa shape index (κ3) is 4.29. The van der Waals surface area contributed by atoms with Crippen LogP contribution in [0.25, 0.3) is 6.08 Å². The van der Waals surface area contributed by atoms with E-state index in [1.165, 1.54) is 12.2 Å². The zero-order chi connectivity index (χ0) is 20.1. The number of hydrogen-bond acceptors (Lipinski definition) is 4. The van der Waals surface area contributed by atoms with Crippen LogP contribution in [0.4, 0.5) is 4.79 Å². The lowest BCUT2D eigenvalue weighted by molar-refractivity contribution is -0.129. The minimum atomic E-state index is -0.760. The molecule has 3 rings (SSSR count). The predicted octanol–water partition coefficient (Wildman–Crippen LogP) is 3.57. The van der Waals surface area contributed by atoms with Gasteiger partial charge in [0, 0.05) is 17.1 Å². The van der Waals surface area contributed by atoms with Crippen molar-refractivity contribution in [1.29, 1.82) is 0 Å². The first-order chi connectivity index (χ1) is 13.5. The van der Waals surface area contributed by atoms with E-state index in [0.717, 1.165) is 10.5 Å². The molecule has 1 heterocycles. The quantitative estimate of drug-likeness (QED) is 0.460. The van der Waals surface area contributed by atoms with Gasteiger partial charge in [-0.25, -0.2) is 4.79 Å². The largest absolute Gasteiger partial charge is 0.489 e. The maximum Gasteiger partial charge on any atom is 0.331 e. The van der Waals surface area contributed by atoms with E-state index in [2.05, 4.69) is 11.9 Å². The zero-order valence-electron chi connectivity index (χ0n) is 14.9. The van der Waals surface area contributed by atoms with Crippen molar-refractivity contribution in [2.45, 2.75) is 6.61 Å². The average Bonchev–Trinajstić information content (AvgIpc) is 2.68. The molecule has 0 aliphatic carbocycles. The first-order valence-corrected chi connectivity index (χ1v) is 8.83. The van der Waals surface area contributed by atoms with Gasteiger partial charge in [-0.15, -0.1) is 6.58 Å². The lowest BCUT2D eigenvalue weighted by atomic mass is 10.1. The van der Waals surface area contributed by atoms with Crippen molar-refractivity contribution in [2.24, 2.45) is 0 Å². The van der Waals surface area contributed by atoms with Gasteiger partial charge in [0.15, 0.2) is 0 Å². The molecule has 1 saturated heterocycles. The number of rotatable bonds is 6. The summed E-state index contributed by atoms with van der Waals surface area (Å²) in [6.07, 6.45) is 2.83. The van der Waals surface area contributed by atoms with Gasteiger partial charge >= 0.3 is 6.03 Å². The lowest BCUT2D eigenvalue weighted by Crippen LogP contribution is -2.54. The fourth-order valence-electron chi connectivity index (χ4n) is 2.63. The highest BCUT2D eigenvalue weighted by molar-refractivity contribution is 6.31. The van der Waals surface area contributed by atoms with E-state index in [1.807, 2.05) is 18.2 Å². The number of ether oxygens (including phenoxy) is 1. The van der Waals surface area contributed by atoms with Crippen LogP contribution in [-0.4, -0.2) is 29.3 Å². The molecule has 0 aromatic heterocycles. The molecule has 2 aromatic carbocycles. The minimum Gasteiger partial charge on any atom is -0.489 e. The van der Waals surface area contributed by atoms with Gasteiger partial charge in [-0.3, -0.25) is 19.8 Å². The molecule has 0 radical (unpaired) electrons. The Bertz CT molecular complexity index is 984. The number of urea groups is 1. The molecule has 2 aromatic rings. The maximum atomic E-state index is 12.5. The third-order valence-corrected chi connectivity index (χ3v) is 4.39. The van der Waals surface area contributed by atoms with Crippen LogP contribution < -0.4 is 10.1 Å². The van der Waals surface area contributed by atoms with Crippen LogP contribution in [0, 0.1) is 0 Å².